The van der Waals surface area contributed by atoms with Crippen LogP contribution in [0, 0.1) is 0 Å². The fourth-order valence-corrected chi connectivity index (χ4v) is 5.04. The normalized spacial score (nSPS) is 14.8. The Morgan fingerprint density at radius 1 is 1.10 bits per heavy atom. The highest BCUT2D eigenvalue weighted by molar-refractivity contribution is 7.54. The van der Waals surface area contributed by atoms with Gasteiger partial charge < -0.3 is 18.9 Å². The number of hydrogen-bond donors (Lipinski definition) is 2. The average molecular weight is 532 g/mol. The van der Waals surface area contributed by atoms with Crippen LogP contribution in [-0.4, -0.2) is 33.4 Å². The molecule has 0 saturated heterocycles. The number of carbonyl (C=O) groups excluding carboxylic acids is 1. The minimum Gasteiger partial charge on any atom is -0.428 e. The Labute approximate surface area is 194 Å². The molecule has 0 aliphatic carbocycles. The quantitative estimate of drug-likeness (QED) is 0.228. The number of aliphatic hydroxyl groups is 1. The van der Waals surface area contributed by atoms with Gasteiger partial charge in [-0.05, 0) is 39.8 Å². The molecule has 1 aromatic rings. The maximum absolute atomic E-state index is 13.6. The summed E-state index contributed by atoms with van der Waals surface area (Å²) in [7, 11) is -4.13. The standard InChI is InChI=1S/C16H21Cl5NO6P/c1-8(2)27-29(25,28-9(3)4)13(11-6-5-10(17)7-12(11)18)26-15(24)22-14(23)16(19,20)21/h5-9,13-14,23H,1-4H3,(H,22,24)/t13-,14+/m1/s1. The summed E-state index contributed by atoms with van der Waals surface area (Å²) >= 11 is 28.7. The second-order valence-corrected chi connectivity index (χ2v) is 11.5. The molecule has 13 heteroatoms. The fourth-order valence-electron chi connectivity index (χ4n) is 2.05. The van der Waals surface area contributed by atoms with Crippen molar-refractivity contribution < 1.29 is 28.3 Å². The Bertz CT molecular complexity index is 744. The van der Waals surface area contributed by atoms with E-state index in [4.69, 9.17) is 71.8 Å². The molecule has 0 heterocycles. The molecule has 0 radical (unpaired) electrons. The molecule has 29 heavy (non-hydrogen) atoms. The van der Waals surface area contributed by atoms with Crippen molar-refractivity contribution in [1.29, 1.82) is 0 Å². The van der Waals surface area contributed by atoms with E-state index in [0.29, 0.717) is 5.02 Å². The lowest BCUT2D eigenvalue weighted by molar-refractivity contribution is 0.0640. The first-order valence-corrected chi connectivity index (χ1v) is 11.8. The van der Waals surface area contributed by atoms with E-state index < -0.39 is 41.8 Å². The molecule has 0 unspecified atom stereocenters. The zero-order valence-electron chi connectivity index (χ0n) is 15.9. The van der Waals surface area contributed by atoms with Crippen molar-refractivity contribution in [3.63, 3.8) is 0 Å². The van der Waals surface area contributed by atoms with E-state index in [2.05, 4.69) is 0 Å². The van der Waals surface area contributed by atoms with E-state index >= 15 is 0 Å². The number of hydrogen-bond acceptors (Lipinski definition) is 6. The van der Waals surface area contributed by atoms with Gasteiger partial charge in [0.15, 0.2) is 6.23 Å². The first-order chi connectivity index (χ1) is 13.2. The highest BCUT2D eigenvalue weighted by atomic mass is 35.6. The number of rotatable bonds is 8. The molecule has 2 atom stereocenters. The molecule has 1 amide bonds. The third-order valence-corrected chi connectivity index (χ3v) is 6.59. The van der Waals surface area contributed by atoms with E-state index in [1.807, 2.05) is 5.32 Å². The van der Waals surface area contributed by atoms with Crippen molar-refractivity contribution in [2.24, 2.45) is 0 Å². The van der Waals surface area contributed by atoms with Gasteiger partial charge in [0, 0.05) is 15.6 Å². The summed E-state index contributed by atoms with van der Waals surface area (Å²) in [5.74, 6) is -1.60. The first-order valence-electron chi connectivity index (χ1n) is 8.29. The lowest BCUT2D eigenvalue weighted by atomic mass is 10.2. The highest BCUT2D eigenvalue weighted by Crippen LogP contribution is 2.64. The molecule has 7 nitrogen and oxygen atoms in total. The van der Waals surface area contributed by atoms with E-state index in [0.717, 1.165) is 0 Å². The zero-order valence-corrected chi connectivity index (χ0v) is 20.5. The molecule has 166 valence electrons. The summed E-state index contributed by atoms with van der Waals surface area (Å²) in [6, 6.07) is 4.24. The Morgan fingerprint density at radius 3 is 2.03 bits per heavy atom. The van der Waals surface area contributed by atoms with Crippen LogP contribution in [-0.2, 0) is 18.3 Å². The molecule has 2 N–H and O–H groups in total. The smallest absolute Gasteiger partial charge is 0.410 e. The molecule has 0 saturated carbocycles. The largest absolute Gasteiger partial charge is 0.428 e. The van der Waals surface area contributed by atoms with Gasteiger partial charge in [-0.1, -0.05) is 64.1 Å². The SMILES string of the molecule is CC(C)OP(=O)(OC(C)C)[C@@H](OC(=O)N[C@@H](O)C(Cl)(Cl)Cl)c1ccc(Cl)cc1Cl. The molecule has 0 aliphatic heterocycles. The van der Waals surface area contributed by atoms with Crippen molar-refractivity contribution >= 4 is 71.7 Å². The van der Waals surface area contributed by atoms with Gasteiger partial charge in [-0.2, -0.15) is 0 Å². The summed E-state index contributed by atoms with van der Waals surface area (Å²) in [5.41, 5.74) is 0.110. The van der Waals surface area contributed by atoms with E-state index in [9.17, 15) is 14.5 Å². The lowest BCUT2D eigenvalue weighted by Crippen LogP contribution is -2.44. The second-order valence-electron chi connectivity index (χ2n) is 6.36. The Morgan fingerprint density at radius 2 is 1.62 bits per heavy atom. The van der Waals surface area contributed by atoms with Gasteiger partial charge in [0.25, 0.3) is 0 Å². The number of ether oxygens (including phenoxy) is 1. The highest BCUT2D eigenvalue weighted by Gasteiger charge is 2.44. The molecule has 0 aromatic heterocycles. The molecule has 0 spiro atoms. The van der Waals surface area contributed by atoms with Gasteiger partial charge in [0.2, 0.25) is 9.64 Å². The van der Waals surface area contributed by atoms with Crippen LogP contribution in [0.3, 0.4) is 0 Å². The second kappa shape index (κ2) is 11.1. The maximum atomic E-state index is 13.6. The van der Waals surface area contributed by atoms with Crippen LogP contribution < -0.4 is 5.32 Å². The Hall–Kier alpha value is 0.0500. The summed E-state index contributed by atoms with van der Waals surface area (Å²) in [6.45, 7) is 6.51. The van der Waals surface area contributed by atoms with Gasteiger partial charge >= 0.3 is 13.7 Å². The van der Waals surface area contributed by atoms with Crippen molar-refractivity contribution in [3.8, 4) is 0 Å². The predicted octanol–water partition coefficient (Wildman–Crippen LogP) is 6.45. The molecular formula is C16H21Cl5NO6P. The van der Waals surface area contributed by atoms with Crippen LogP contribution in [0.1, 0.15) is 39.1 Å². The van der Waals surface area contributed by atoms with Crippen LogP contribution >= 0.6 is 65.6 Å². The third-order valence-electron chi connectivity index (χ3n) is 3.01. The third kappa shape index (κ3) is 8.60. The van der Waals surface area contributed by atoms with Crippen LogP contribution in [0.2, 0.25) is 10.0 Å². The molecule has 1 rings (SSSR count). The van der Waals surface area contributed by atoms with Gasteiger partial charge in [-0.3, -0.25) is 9.88 Å². The summed E-state index contributed by atoms with van der Waals surface area (Å²) in [4.78, 5) is 12.3. The fraction of sp³-hybridized carbons (Fsp3) is 0.562. The van der Waals surface area contributed by atoms with Crippen LogP contribution in [0.25, 0.3) is 0 Å². The summed E-state index contributed by atoms with van der Waals surface area (Å²) in [6.07, 6.45) is -4.25. The first kappa shape index (κ1) is 27.1. The number of nitrogens with one attached hydrogen (secondary N) is 1. The predicted molar refractivity (Wildman–Crippen MR) is 115 cm³/mol. The van der Waals surface area contributed by atoms with Gasteiger partial charge in [-0.15, -0.1) is 0 Å². The lowest BCUT2D eigenvalue weighted by Gasteiger charge is -2.30. The number of alkyl carbamates (subject to hydrolysis) is 1. The van der Waals surface area contributed by atoms with Crippen molar-refractivity contribution in [3.05, 3.63) is 33.8 Å². The number of benzene rings is 1. The van der Waals surface area contributed by atoms with Gasteiger partial charge in [0.1, 0.15) is 0 Å². The molecule has 0 fully saturated rings. The van der Waals surface area contributed by atoms with Crippen LogP contribution in [0.4, 0.5) is 4.79 Å². The Balaban J connectivity index is 3.37. The molecular weight excluding hydrogens is 510 g/mol. The number of amides is 1. The summed E-state index contributed by atoms with van der Waals surface area (Å²) in [5, 5.41) is 12.0. The van der Waals surface area contributed by atoms with E-state index in [1.54, 1.807) is 27.7 Å². The number of alkyl halides is 3. The number of halogens is 5. The van der Waals surface area contributed by atoms with Gasteiger partial charge in [-0.25, -0.2) is 4.79 Å². The van der Waals surface area contributed by atoms with Crippen LogP contribution in [0.5, 0.6) is 0 Å². The Kier molecular flexibility index (Phi) is 10.3. The number of carbonyl (C=O) groups is 1. The minimum absolute atomic E-state index is 0.0529. The van der Waals surface area contributed by atoms with Crippen molar-refractivity contribution in [2.45, 2.75) is 55.8 Å². The van der Waals surface area contributed by atoms with Crippen molar-refractivity contribution in [2.75, 3.05) is 0 Å². The maximum Gasteiger partial charge on any atom is 0.410 e. The number of aliphatic hydroxyl groups excluding tert-OH is 1. The van der Waals surface area contributed by atoms with Crippen LogP contribution in [0.15, 0.2) is 18.2 Å². The molecule has 0 bridgehead atoms. The summed E-state index contributed by atoms with van der Waals surface area (Å²) < 4.78 is 27.7. The monoisotopic (exact) mass is 529 g/mol. The van der Waals surface area contributed by atoms with Gasteiger partial charge in [0.05, 0.1) is 12.2 Å². The minimum atomic E-state index is -4.13. The zero-order chi connectivity index (χ0) is 22.6. The molecule has 0 aliphatic rings. The van der Waals surface area contributed by atoms with E-state index in [-0.39, 0.29) is 10.6 Å². The topological polar surface area (TPSA) is 94.1 Å². The average Bonchev–Trinajstić information content (AvgIpc) is 2.50. The molecule has 1 aromatic carbocycles. The van der Waals surface area contributed by atoms with E-state index in [1.165, 1.54) is 18.2 Å². The van der Waals surface area contributed by atoms with Crippen molar-refractivity contribution in [1.82, 2.24) is 5.32 Å².